The smallest absolute Gasteiger partial charge is 0.262 e. The Hall–Kier alpha value is -4.04. The van der Waals surface area contributed by atoms with E-state index in [0.29, 0.717) is 23.7 Å². The van der Waals surface area contributed by atoms with Crippen LogP contribution in [0.15, 0.2) is 72.3 Å². The van der Waals surface area contributed by atoms with Gasteiger partial charge in [-0.1, -0.05) is 54.6 Å². The molecule has 0 radical (unpaired) electrons. The summed E-state index contributed by atoms with van der Waals surface area (Å²) in [5.41, 5.74) is 5.08. The van der Waals surface area contributed by atoms with Crippen LogP contribution in [0.3, 0.4) is 0 Å². The standard InChI is InChI=1S/C28H28N2O3/c1-19-10-12-24(14-20(19)2)21(3)30-28(31)25(17-29)15-23-11-13-26(27(16-23)32-4)33-18-22-8-6-5-7-9-22/h5-16,21H,18H2,1-4H3,(H,30,31). The van der Waals surface area contributed by atoms with Crippen LogP contribution in [-0.4, -0.2) is 13.0 Å². The van der Waals surface area contributed by atoms with Gasteiger partial charge >= 0.3 is 0 Å². The third kappa shape index (κ3) is 6.24. The summed E-state index contributed by atoms with van der Waals surface area (Å²) in [7, 11) is 1.56. The van der Waals surface area contributed by atoms with Gasteiger partial charge in [-0.3, -0.25) is 4.79 Å². The quantitative estimate of drug-likeness (QED) is 0.362. The minimum absolute atomic E-state index is 0.0192. The highest BCUT2D eigenvalue weighted by Crippen LogP contribution is 2.30. The summed E-state index contributed by atoms with van der Waals surface area (Å²) in [4.78, 5) is 12.7. The lowest BCUT2D eigenvalue weighted by Gasteiger charge is -2.15. The van der Waals surface area contributed by atoms with Gasteiger partial charge in [0.15, 0.2) is 11.5 Å². The third-order valence-electron chi connectivity index (χ3n) is 5.48. The van der Waals surface area contributed by atoms with E-state index in [1.54, 1.807) is 31.4 Å². The maximum absolute atomic E-state index is 12.7. The van der Waals surface area contributed by atoms with Crippen molar-refractivity contribution < 1.29 is 14.3 Å². The van der Waals surface area contributed by atoms with E-state index >= 15 is 0 Å². The molecule has 0 heterocycles. The number of rotatable bonds is 8. The molecule has 0 fully saturated rings. The van der Waals surface area contributed by atoms with Gasteiger partial charge in [0, 0.05) is 0 Å². The number of nitriles is 1. The molecule has 168 valence electrons. The average molecular weight is 441 g/mol. The molecular weight excluding hydrogens is 412 g/mol. The molecule has 1 N–H and O–H groups in total. The van der Waals surface area contributed by atoms with Crippen LogP contribution in [0.1, 0.15) is 40.8 Å². The van der Waals surface area contributed by atoms with Crippen LogP contribution in [-0.2, 0) is 11.4 Å². The van der Waals surface area contributed by atoms with E-state index in [2.05, 4.69) is 11.4 Å². The molecule has 0 saturated carbocycles. The fraction of sp³-hybridized carbons (Fsp3) is 0.214. The summed E-state index contributed by atoms with van der Waals surface area (Å²) in [6.07, 6.45) is 1.55. The fourth-order valence-electron chi connectivity index (χ4n) is 3.34. The third-order valence-corrected chi connectivity index (χ3v) is 5.48. The van der Waals surface area contributed by atoms with Crippen molar-refractivity contribution in [2.24, 2.45) is 0 Å². The largest absolute Gasteiger partial charge is 0.493 e. The molecule has 3 aromatic carbocycles. The first-order valence-electron chi connectivity index (χ1n) is 10.8. The number of hydrogen-bond donors (Lipinski definition) is 1. The van der Waals surface area contributed by atoms with Gasteiger partial charge in [0.25, 0.3) is 5.91 Å². The molecule has 3 rings (SSSR count). The number of benzene rings is 3. The van der Waals surface area contributed by atoms with Gasteiger partial charge in [-0.05, 0) is 66.8 Å². The summed E-state index contributed by atoms with van der Waals surface area (Å²) in [5, 5.41) is 12.5. The Morgan fingerprint density at radius 2 is 1.79 bits per heavy atom. The number of aryl methyl sites for hydroxylation is 2. The van der Waals surface area contributed by atoms with Gasteiger partial charge in [0.1, 0.15) is 18.2 Å². The van der Waals surface area contributed by atoms with Crippen LogP contribution in [0.4, 0.5) is 0 Å². The zero-order chi connectivity index (χ0) is 23.8. The molecule has 0 aliphatic carbocycles. The van der Waals surface area contributed by atoms with Gasteiger partial charge in [-0.2, -0.15) is 5.26 Å². The van der Waals surface area contributed by atoms with Gasteiger partial charge in [-0.15, -0.1) is 0 Å². The van der Waals surface area contributed by atoms with Crippen molar-refractivity contribution >= 4 is 12.0 Å². The Labute approximate surface area is 195 Å². The summed E-state index contributed by atoms with van der Waals surface area (Å²) < 4.78 is 11.3. The molecule has 5 heteroatoms. The predicted octanol–water partition coefficient (Wildman–Crippen LogP) is 5.68. The van der Waals surface area contributed by atoms with Crippen molar-refractivity contribution in [3.05, 3.63) is 100 Å². The first-order valence-corrected chi connectivity index (χ1v) is 10.8. The zero-order valence-corrected chi connectivity index (χ0v) is 19.4. The lowest BCUT2D eigenvalue weighted by atomic mass is 10.0. The summed E-state index contributed by atoms with van der Waals surface area (Å²) in [6, 6.07) is 23.0. The highest BCUT2D eigenvalue weighted by atomic mass is 16.5. The van der Waals surface area contributed by atoms with Gasteiger partial charge in [-0.25, -0.2) is 0 Å². The topological polar surface area (TPSA) is 71.3 Å². The molecule has 0 bridgehead atoms. The van der Waals surface area contributed by atoms with Crippen LogP contribution in [0.25, 0.3) is 6.08 Å². The number of nitrogens with zero attached hydrogens (tertiary/aromatic N) is 1. The van der Waals surface area contributed by atoms with E-state index in [4.69, 9.17) is 9.47 Å². The number of ether oxygens (including phenoxy) is 2. The van der Waals surface area contributed by atoms with Crippen molar-refractivity contribution in [2.45, 2.75) is 33.4 Å². The Morgan fingerprint density at radius 3 is 2.45 bits per heavy atom. The van der Waals surface area contributed by atoms with Crippen molar-refractivity contribution in [3.63, 3.8) is 0 Å². The molecule has 0 aromatic heterocycles. The molecule has 0 spiro atoms. The maximum atomic E-state index is 12.7. The minimum Gasteiger partial charge on any atom is -0.493 e. The molecule has 3 aromatic rings. The molecule has 0 aliphatic rings. The van der Waals surface area contributed by atoms with E-state index < -0.39 is 5.91 Å². The second kappa shape index (κ2) is 11.0. The monoisotopic (exact) mass is 440 g/mol. The molecular formula is C28H28N2O3. The van der Waals surface area contributed by atoms with E-state index in [9.17, 15) is 10.1 Å². The first kappa shape index (κ1) is 23.6. The summed E-state index contributed by atoms with van der Waals surface area (Å²) >= 11 is 0. The van der Waals surface area contributed by atoms with E-state index in [0.717, 1.165) is 16.7 Å². The van der Waals surface area contributed by atoms with Crippen molar-refractivity contribution in [1.29, 1.82) is 5.26 Å². The number of hydrogen-bond acceptors (Lipinski definition) is 4. The second-order valence-corrected chi connectivity index (χ2v) is 7.89. The van der Waals surface area contributed by atoms with Crippen LogP contribution in [0.2, 0.25) is 0 Å². The van der Waals surface area contributed by atoms with E-state index in [-0.39, 0.29) is 11.6 Å². The molecule has 1 atom stereocenters. The molecule has 33 heavy (non-hydrogen) atoms. The molecule has 5 nitrogen and oxygen atoms in total. The SMILES string of the molecule is COc1cc(C=C(C#N)C(=O)NC(C)c2ccc(C)c(C)c2)ccc1OCc1ccccc1. The number of carbonyl (C=O) groups excluding carboxylic acids is 1. The maximum Gasteiger partial charge on any atom is 0.262 e. The Morgan fingerprint density at radius 1 is 1.03 bits per heavy atom. The molecule has 0 aliphatic heterocycles. The fourth-order valence-corrected chi connectivity index (χ4v) is 3.34. The lowest BCUT2D eigenvalue weighted by Crippen LogP contribution is -2.27. The van der Waals surface area contributed by atoms with Gasteiger partial charge < -0.3 is 14.8 Å². The van der Waals surface area contributed by atoms with E-state index in [1.165, 1.54) is 5.56 Å². The van der Waals surface area contributed by atoms with Crippen LogP contribution in [0.5, 0.6) is 11.5 Å². The van der Waals surface area contributed by atoms with Crippen molar-refractivity contribution in [1.82, 2.24) is 5.32 Å². The molecule has 1 unspecified atom stereocenters. The van der Waals surface area contributed by atoms with Crippen molar-refractivity contribution in [3.8, 4) is 17.6 Å². The average Bonchev–Trinajstić information content (AvgIpc) is 2.83. The van der Waals surface area contributed by atoms with Crippen LogP contribution >= 0.6 is 0 Å². The van der Waals surface area contributed by atoms with Crippen LogP contribution < -0.4 is 14.8 Å². The van der Waals surface area contributed by atoms with Gasteiger partial charge in [0.05, 0.1) is 13.2 Å². The van der Waals surface area contributed by atoms with E-state index in [1.807, 2.05) is 69.3 Å². The second-order valence-electron chi connectivity index (χ2n) is 7.89. The summed E-state index contributed by atoms with van der Waals surface area (Å²) in [6.45, 7) is 6.40. The summed E-state index contributed by atoms with van der Waals surface area (Å²) in [5.74, 6) is 0.692. The predicted molar refractivity (Wildman–Crippen MR) is 130 cm³/mol. The molecule has 0 saturated heterocycles. The normalized spacial score (nSPS) is 11.9. The molecule has 1 amide bonds. The van der Waals surface area contributed by atoms with Crippen LogP contribution in [0, 0.1) is 25.2 Å². The zero-order valence-electron chi connectivity index (χ0n) is 19.4. The number of methoxy groups -OCH3 is 1. The number of carbonyl (C=O) groups is 1. The Balaban J connectivity index is 1.73. The Kier molecular flexibility index (Phi) is 7.88. The highest BCUT2D eigenvalue weighted by Gasteiger charge is 2.15. The first-order chi connectivity index (χ1) is 15.9. The van der Waals surface area contributed by atoms with Crippen molar-refractivity contribution in [2.75, 3.05) is 7.11 Å². The van der Waals surface area contributed by atoms with Gasteiger partial charge in [0.2, 0.25) is 0 Å². The Bertz CT molecular complexity index is 1190. The lowest BCUT2D eigenvalue weighted by molar-refractivity contribution is -0.117. The number of amides is 1. The number of nitrogens with one attached hydrogen (secondary N) is 1. The minimum atomic E-state index is -0.424. The highest BCUT2D eigenvalue weighted by molar-refractivity contribution is 6.01.